The molecule has 9 heteroatoms. The fraction of sp³-hybridized carbons (Fsp3) is 0.160. The summed E-state index contributed by atoms with van der Waals surface area (Å²) in [4.78, 5) is 12.6. The minimum atomic E-state index is -0.711. The standard InChI is InChI=1S/C25H20O9/c1-31-20-7-13(2-4-15(20)28)25-23(11-26)32-18-5-3-12(6-21(18)34-25)19-10-17(30)24-16(29)8-14(27)9-22(24)33-19/h2-10,23,25-29H,11H2,1H3/t23-,25+/m1/s1. The van der Waals surface area contributed by atoms with E-state index in [4.69, 9.17) is 18.6 Å². The van der Waals surface area contributed by atoms with E-state index in [0.29, 0.717) is 22.6 Å². The maximum Gasteiger partial charge on any atom is 0.197 e. The molecule has 3 aromatic carbocycles. The van der Waals surface area contributed by atoms with Crippen molar-refractivity contribution in [2.75, 3.05) is 13.7 Å². The van der Waals surface area contributed by atoms with E-state index in [0.717, 1.165) is 6.07 Å². The van der Waals surface area contributed by atoms with E-state index in [1.165, 1.54) is 25.3 Å². The zero-order chi connectivity index (χ0) is 24.0. The maximum absolute atomic E-state index is 12.6. The summed E-state index contributed by atoms with van der Waals surface area (Å²) in [6, 6.07) is 13.2. The summed E-state index contributed by atoms with van der Waals surface area (Å²) >= 11 is 0. The van der Waals surface area contributed by atoms with E-state index < -0.39 is 17.6 Å². The van der Waals surface area contributed by atoms with Crippen molar-refractivity contribution < 1.29 is 39.1 Å². The first-order valence-corrected chi connectivity index (χ1v) is 10.3. The summed E-state index contributed by atoms with van der Waals surface area (Å²) in [6.45, 7) is -0.318. The number of hydrogen-bond acceptors (Lipinski definition) is 9. The third-order valence-corrected chi connectivity index (χ3v) is 5.61. The molecular weight excluding hydrogens is 444 g/mol. The number of methoxy groups -OCH3 is 1. The van der Waals surface area contributed by atoms with Crippen molar-refractivity contribution >= 4 is 11.0 Å². The van der Waals surface area contributed by atoms with Gasteiger partial charge in [0.05, 0.1) is 13.7 Å². The summed E-state index contributed by atoms with van der Waals surface area (Å²) in [7, 11) is 1.43. The molecule has 0 spiro atoms. The lowest BCUT2D eigenvalue weighted by atomic mass is 10.0. The molecule has 0 saturated carbocycles. The van der Waals surface area contributed by atoms with Crippen LogP contribution in [0.5, 0.6) is 34.5 Å². The van der Waals surface area contributed by atoms with Gasteiger partial charge in [0, 0.05) is 29.3 Å². The number of rotatable bonds is 4. The number of aromatic hydroxyl groups is 3. The Hall–Kier alpha value is -4.37. The summed E-state index contributed by atoms with van der Waals surface area (Å²) in [5.41, 5.74) is 0.670. The Morgan fingerprint density at radius 2 is 1.74 bits per heavy atom. The third kappa shape index (κ3) is 3.61. The highest BCUT2D eigenvalue weighted by atomic mass is 16.6. The number of ether oxygens (including phenoxy) is 3. The Bertz CT molecular complexity index is 1460. The van der Waals surface area contributed by atoms with Gasteiger partial charge in [-0.25, -0.2) is 0 Å². The Kier molecular flexibility index (Phi) is 5.18. The molecule has 2 heterocycles. The smallest absolute Gasteiger partial charge is 0.197 e. The highest BCUT2D eigenvalue weighted by molar-refractivity contribution is 5.86. The van der Waals surface area contributed by atoms with Gasteiger partial charge in [0.1, 0.15) is 28.2 Å². The van der Waals surface area contributed by atoms with Gasteiger partial charge in [-0.05, 0) is 30.3 Å². The number of aliphatic hydroxyl groups excluding tert-OH is 1. The van der Waals surface area contributed by atoms with Crippen LogP contribution in [-0.4, -0.2) is 40.2 Å². The number of benzene rings is 3. The normalized spacial score (nSPS) is 17.0. The lowest BCUT2D eigenvalue weighted by molar-refractivity contribution is -0.0123. The molecule has 0 radical (unpaired) electrons. The molecule has 1 aliphatic heterocycles. The van der Waals surface area contributed by atoms with Crippen LogP contribution < -0.4 is 19.6 Å². The minimum absolute atomic E-state index is 0.0318. The zero-order valence-corrected chi connectivity index (χ0v) is 17.9. The second-order valence-corrected chi connectivity index (χ2v) is 7.78. The highest BCUT2D eigenvalue weighted by Crippen LogP contribution is 2.43. The van der Waals surface area contributed by atoms with Gasteiger partial charge in [-0.2, -0.15) is 0 Å². The molecule has 0 bridgehead atoms. The molecule has 0 aliphatic carbocycles. The van der Waals surface area contributed by atoms with E-state index >= 15 is 0 Å². The molecule has 0 fully saturated rings. The Morgan fingerprint density at radius 3 is 2.50 bits per heavy atom. The molecule has 4 N–H and O–H groups in total. The predicted octanol–water partition coefficient (Wildman–Crippen LogP) is 3.46. The van der Waals surface area contributed by atoms with Gasteiger partial charge in [-0.3, -0.25) is 4.79 Å². The molecule has 1 aliphatic rings. The van der Waals surface area contributed by atoms with Crippen LogP contribution in [0.25, 0.3) is 22.3 Å². The minimum Gasteiger partial charge on any atom is -0.508 e. The quantitative estimate of drug-likeness (QED) is 0.358. The van der Waals surface area contributed by atoms with Crippen molar-refractivity contribution in [3.05, 3.63) is 70.4 Å². The molecule has 34 heavy (non-hydrogen) atoms. The molecule has 174 valence electrons. The van der Waals surface area contributed by atoms with E-state index in [-0.39, 0.29) is 46.3 Å². The van der Waals surface area contributed by atoms with Gasteiger partial charge < -0.3 is 39.1 Å². The highest BCUT2D eigenvalue weighted by Gasteiger charge is 2.33. The van der Waals surface area contributed by atoms with E-state index in [9.17, 15) is 25.2 Å². The number of phenols is 3. The van der Waals surface area contributed by atoms with Crippen molar-refractivity contribution in [2.45, 2.75) is 12.2 Å². The average Bonchev–Trinajstić information content (AvgIpc) is 2.82. The Balaban J connectivity index is 1.56. The van der Waals surface area contributed by atoms with Crippen LogP contribution in [0.3, 0.4) is 0 Å². The van der Waals surface area contributed by atoms with Crippen LogP contribution in [0.15, 0.2) is 63.8 Å². The Morgan fingerprint density at radius 1 is 0.912 bits per heavy atom. The monoisotopic (exact) mass is 464 g/mol. The second-order valence-electron chi connectivity index (χ2n) is 7.78. The lowest BCUT2D eigenvalue weighted by Crippen LogP contribution is -2.36. The van der Waals surface area contributed by atoms with Crippen molar-refractivity contribution in [1.29, 1.82) is 0 Å². The molecule has 4 aromatic rings. The van der Waals surface area contributed by atoms with Gasteiger partial charge in [0.25, 0.3) is 0 Å². The van der Waals surface area contributed by atoms with Gasteiger partial charge in [0.2, 0.25) is 0 Å². The van der Waals surface area contributed by atoms with Crippen LogP contribution in [-0.2, 0) is 0 Å². The van der Waals surface area contributed by atoms with E-state index in [1.54, 1.807) is 30.3 Å². The van der Waals surface area contributed by atoms with Crippen molar-refractivity contribution in [1.82, 2.24) is 0 Å². The van der Waals surface area contributed by atoms with Gasteiger partial charge in [0.15, 0.2) is 40.6 Å². The van der Waals surface area contributed by atoms with E-state index in [1.807, 2.05) is 0 Å². The number of aliphatic hydroxyl groups is 1. The first-order chi connectivity index (χ1) is 16.4. The molecule has 0 amide bonds. The summed E-state index contributed by atoms with van der Waals surface area (Å²) in [6.07, 6.45) is -1.42. The number of hydrogen-bond donors (Lipinski definition) is 4. The largest absolute Gasteiger partial charge is 0.508 e. The summed E-state index contributed by atoms with van der Waals surface area (Å²) in [5, 5.41) is 39.5. The van der Waals surface area contributed by atoms with Crippen LogP contribution in [0.1, 0.15) is 11.7 Å². The summed E-state index contributed by atoms with van der Waals surface area (Å²) in [5.74, 6) is 0.538. The topological polar surface area (TPSA) is 139 Å². The van der Waals surface area contributed by atoms with Crippen molar-refractivity contribution in [3.8, 4) is 45.8 Å². The molecular formula is C25H20O9. The lowest BCUT2D eigenvalue weighted by Gasteiger charge is -2.33. The molecule has 0 unspecified atom stereocenters. The van der Waals surface area contributed by atoms with Gasteiger partial charge in [-0.1, -0.05) is 6.07 Å². The first-order valence-electron chi connectivity index (χ1n) is 10.3. The Labute approximate surface area is 192 Å². The predicted molar refractivity (Wildman–Crippen MR) is 121 cm³/mol. The fourth-order valence-corrected chi connectivity index (χ4v) is 3.97. The van der Waals surface area contributed by atoms with Crippen molar-refractivity contribution in [3.63, 3.8) is 0 Å². The van der Waals surface area contributed by atoms with Crippen LogP contribution in [0.2, 0.25) is 0 Å². The third-order valence-electron chi connectivity index (χ3n) is 5.61. The van der Waals surface area contributed by atoms with Gasteiger partial charge >= 0.3 is 0 Å². The molecule has 5 rings (SSSR count). The number of fused-ring (bicyclic) bond motifs is 2. The van der Waals surface area contributed by atoms with Crippen molar-refractivity contribution in [2.24, 2.45) is 0 Å². The van der Waals surface area contributed by atoms with Crippen LogP contribution in [0, 0.1) is 0 Å². The van der Waals surface area contributed by atoms with E-state index in [2.05, 4.69) is 0 Å². The average molecular weight is 464 g/mol. The zero-order valence-electron chi connectivity index (χ0n) is 17.9. The fourth-order valence-electron chi connectivity index (χ4n) is 3.97. The number of phenolic OH excluding ortho intramolecular Hbond substituents is 3. The van der Waals surface area contributed by atoms with Crippen LogP contribution in [0.4, 0.5) is 0 Å². The van der Waals surface area contributed by atoms with Crippen LogP contribution >= 0.6 is 0 Å². The summed E-state index contributed by atoms with van der Waals surface area (Å²) < 4.78 is 23.0. The second kappa shape index (κ2) is 8.20. The first kappa shape index (κ1) is 21.5. The maximum atomic E-state index is 12.6. The molecule has 0 saturated heterocycles. The van der Waals surface area contributed by atoms with Gasteiger partial charge in [-0.15, -0.1) is 0 Å². The SMILES string of the molecule is COc1cc([C@@H]2Oc3cc(-c4cc(=O)c5c(O)cc(O)cc5o4)ccc3O[C@@H]2CO)ccc1O. The molecule has 2 atom stereocenters. The molecule has 9 nitrogen and oxygen atoms in total. The molecule has 1 aromatic heterocycles.